The van der Waals surface area contributed by atoms with Gasteiger partial charge in [-0.25, -0.2) is 0 Å². The summed E-state index contributed by atoms with van der Waals surface area (Å²) in [6.07, 6.45) is 8.78. The first-order chi connectivity index (χ1) is 7.46. The molecule has 0 aromatic heterocycles. The molecule has 0 amide bonds. The molecular weight excluding hydrogens is 212 g/mol. The molecule has 0 aromatic rings. The fraction of sp³-hybridized carbons (Fsp3) is 1.00. The highest BCUT2D eigenvalue weighted by atomic mass is 28.4. The van der Waals surface area contributed by atoms with Gasteiger partial charge in [0.25, 0.3) is 0 Å². The molecule has 0 saturated heterocycles. The van der Waals surface area contributed by atoms with E-state index in [0.717, 1.165) is 11.8 Å². The highest BCUT2D eigenvalue weighted by Crippen LogP contribution is 2.39. The molecule has 0 N–H and O–H groups in total. The normalized spacial score (nSPS) is 30.9. The average Bonchev–Trinajstić information content (AvgIpc) is 2.46. The fourth-order valence-corrected chi connectivity index (χ4v) is 4.31. The van der Waals surface area contributed by atoms with Crippen LogP contribution in [-0.2, 0) is 4.43 Å². The molecule has 0 aliphatic heterocycles. The minimum Gasteiger partial charge on any atom is -0.414 e. The maximum absolute atomic E-state index is 6.38. The summed E-state index contributed by atoms with van der Waals surface area (Å²) in [5.74, 6) is 1.80. The Bertz CT molecular complexity index is 197. The lowest BCUT2D eigenvalue weighted by molar-refractivity contribution is 0.144. The smallest absolute Gasteiger partial charge is 0.184 e. The summed E-state index contributed by atoms with van der Waals surface area (Å²) < 4.78 is 6.38. The summed E-state index contributed by atoms with van der Waals surface area (Å²) in [6, 6.07) is 0. The molecule has 0 spiro atoms. The van der Waals surface area contributed by atoms with Crippen molar-refractivity contribution >= 4 is 8.32 Å². The largest absolute Gasteiger partial charge is 0.414 e. The molecular formula is C14H30OSi. The number of hydrogen-bond donors (Lipinski definition) is 0. The van der Waals surface area contributed by atoms with E-state index in [-0.39, 0.29) is 0 Å². The molecule has 3 atom stereocenters. The third kappa shape index (κ3) is 4.58. The van der Waals surface area contributed by atoms with Crippen molar-refractivity contribution in [2.24, 2.45) is 11.8 Å². The molecule has 0 aromatic carbocycles. The van der Waals surface area contributed by atoms with E-state index in [2.05, 4.69) is 33.5 Å². The Balaban J connectivity index is 2.51. The van der Waals surface area contributed by atoms with Gasteiger partial charge in [0.2, 0.25) is 0 Å². The van der Waals surface area contributed by atoms with Gasteiger partial charge in [-0.1, -0.05) is 33.1 Å². The van der Waals surface area contributed by atoms with Gasteiger partial charge in [0, 0.05) is 6.10 Å². The summed E-state index contributed by atoms with van der Waals surface area (Å²) in [6.45, 7) is 11.6. The third-order valence-corrected chi connectivity index (χ3v) is 4.60. The fourth-order valence-electron chi connectivity index (χ4n) is 3.11. The van der Waals surface area contributed by atoms with E-state index >= 15 is 0 Å². The van der Waals surface area contributed by atoms with E-state index in [1.54, 1.807) is 0 Å². The highest BCUT2D eigenvalue weighted by Gasteiger charge is 2.36. The molecule has 1 aliphatic carbocycles. The van der Waals surface area contributed by atoms with E-state index in [1.807, 2.05) is 0 Å². The topological polar surface area (TPSA) is 9.23 Å². The van der Waals surface area contributed by atoms with E-state index in [0.29, 0.717) is 6.10 Å². The quantitative estimate of drug-likeness (QED) is 0.606. The van der Waals surface area contributed by atoms with Gasteiger partial charge in [0.05, 0.1) is 0 Å². The second-order valence-electron chi connectivity index (χ2n) is 6.44. The first-order valence-electron chi connectivity index (χ1n) is 7.14. The van der Waals surface area contributed by atoms with Gasteiger partial charge in [-0.3, -0.25) is 0 Å². The van der Waals surface area contributed by atoms with Crippen LogP contribution in [0.4, 0.5) is 0 Å². The third-order valence-electron chi connectivity index (χ3n) is 3.59. The lowest BCUT2D eigenvalue weighted by Gasteiger charge is -2.27. The summed E-state index contributed by atoms with van der Waals surface area (Å²) in [4.78, 5) is 0. The van der Waals surface area contributed by atoms with Crippen LogP contribution in [0.5, 0.6) is 0 Å². The Morgan fingerprint density at radius 1 is 1.00 bits per heavy atom. The van der Waals surface area contributed by atoms with Gasteiger partial charge in [-0.15, -0.1) is 0 Å². The lowest BCUT2D eigenvalue weighted by Crippen LogP contribution is -2.34. The van der Waals surface area contributed by atoms with Crippen molar-refractivity contribution in [1.82, 2.24) is 0 Å². The van der Waals surface area contributed by atoms with Crippen LogP contribution in [0.2, 0.25) is 19.6 Å². The summed E-state index contributed by atoms with van der Waals surface area (Å²) in [7, 11) is -1.35. The van der Waals surface area contributed by atoms with Gasteiger partial charge in [-0.2, -0.15) is 0 Å². The number of rotatable bonds is 6. The molecule has 96 valence electrons. The summed E-state index contributed by atoms with van der Waals surface area (Å²) in [5, 5.41) is 0. The van der Waals surface area contributed by atoms with Crippen molar-refractivity contribution in [3.8, 4) is 0 Å². The van der Waals surface area contributed by atoms with Gasteiger partial charge in [-0.05, 0) is 50.7 Å². The molecule has 0 bridgehead atoms. The second-order valence-corrected chi connectivity index (χ2v) is 10.9. The van der Waals surface area contributed by atoms with Crippen molar-refractivity contribution in [3.05, 3.63) is 0 Å². The van der Waals surface area contributed by atoms with Gasteiger partial charge in [0.1, 0.15) is 0 Å². The predicted octanol–water partition coefficient (Wildman–Crippen LogP) is 4.83. The maximum Gasteiger partial charge on any atom is 0.184 e. The maximum atomic E-state index is 6.38. The van der Waals surface area contributed by atoms with Gasteiger partial charge < -0.3 is 4.43 Å². The van der Waals surface area contributed by atoms with E-state index < -0.39 is 8.32 Å². The molecule has 0 radical (unpaired) electrons. The van der Waals surface area contributed by atoms with E-state index in [1.165, 1.54) is 38.5 Å². The molecule has 16 heavy (non-hydrogen) atoms. The first-order valence-corrected chi connectivity index (χ1v) is 10.5. The molecule has 1 aliphatic rings. The Hall–Kier alpha value is 0.177. The summed E-state index contributed by atoms with van der Waals surface area (Å²) >= 11 is 0. The number of hydrogen-bond acceptors (Lipinski definition) is 1. The van der Waals surface area contributed by atoms with Crippen molar-refractivity contribution in [1.29, 1.82) is 0 Å². The Kier molecular flexibility index (Phi) is 5.52. The minimum atomic E-state index is -1.35. The zero-order chi connectivity index (χ0) is 12.2. The first kappa shape index (κ1) is 14.2. The molecule has 1 fully saturated rings. The van der Waals surface area contributed by atoms with Crippen LogP contribution < -0.4 is 0 Å². The Labute approximate surface area is 103 Å². The van der Waals surface area contributed by atoms with Crippen molar-refractivity contribution in [3.63, 3.8) is 0 Å². The van der Waals surface area contributed by atoms with E-state index in [9.17, 15) is 0 Å². The zero-order valence-corrected chi connectivity index (χ0v) is 12.9. The van der Waals surface area contributed by atoms with Crippen LogP contribution in [0.25, 0.3) is 0 Å². The van der Waals surface area contributed by atoms with Crippen LogP contribution in [0, 0.1) is 11.8 Å². The average molecular weight is 242 g/mol. The molecule has 0 heterocycles. The van der Waals surface area contributed by atoms with Gasteiger partial charge in [0.15, 0.2) is 8.32 Å². The Morgan fingerprint density at radius 2 is 1.62 bits per heavy atom. The molecule has 3 unspecified atom stereocenters. The van der Waals surface area contributed by atoms with Crippen molar-refractivity contribution in [2.45, 2.75) is 78.1 Å². The molecule has 1 rings (SSSR count). The SMILES string of the molecule is CCCC1CC(CCC)C(O[Si](C)(C)C)C1. The lowest BCUT2D eigenvalue weighted by atomic mass is 9.97. The molecule has 1 saturated carbocycles. The Morgan fingerprint density at radius 3 is 2.12 bits per heavy atom. The van der Waals surface area contributed by atoms with Crippen LogP contribution in [0.3, 0.4) is 0 Å². The zero-order valence-electron chi connectivity index (χ0n) is 11.9. The molecule has 1 nitrogen and oxygen atoms in total. The van der Waals surface area contributed by atoms with E-state index in [4.69, 9.17) is 4.43 Å². The van der Waals surface area contributed by atoms with Crippen LogP contribution in [0.15, 0.2) is 0 Å². The second kappa shape index (κ2) is 6.20. The highest BCUT2D eigenvalue weighted by molar-refractivity contribution is 6.69. The van der Waals surface area contributed by atoms with Crippen LogP contribution in [0.1, 0.15) is 52.4 Å². The summed E-state index contributed by atoms with van der Waals surface area (Å²) in [5.41, 5.74) is 0. The standard InChI is InChI=1S/C14H30OSi/c1-6-8-12-10-13(9-7-2)14(11-12)15-16(3,4)5/h12-14H,6-11H2,1-5H3. The van der Waals surface area contributed by atoms with Crippen LogP contribution >= 0.6 is 0 Å². The monoisotopic (exact) mass is 242 g/mol. The van der Waals surface area contributed by atoms with Crippen LogP contribution in [-0.4, -0.2) is 14.4 Å². The minimum absolute atomic E-state index is 0.586. The van der Waals surface area contributed by atoms with Crippen molar-refractivity contribution in [2.75, 3.05) is 0 Å². The predicted molar refractivity (Wildman–Crippen MR) is 74.2 cm³/mol. The van der Waals surface area contributed by atoms with Crippen molar-refractivity contribution < 1.29 is 4.43 Å². The van der Waals surface area contributed by atoms with Gasteiger partial charge >= 0.3 is 0 Å². The molecule has 2 heteroatoms.